The number of carbonyl (C=O) groups is 1. The molecule has 0 aliphatic heterocycles. The summed E-state index contributed by atoms with van der Waals surface area (Å²) in [5.41, 5.74) is 6.60. The number of amides is 1. The van der Waals surface area contributed by atoms with Gasteiger partial charge in [0.1, 0.15) is 11.4 Å². The van der Waals surface area contributed by atoms with Crippen molar-refractivity contribution in [2.45, 2.75) is 39.7 Å². The highest BCUT2D eigenvalue weighted by molar-refractivity contribution is 6.12. The van der Waals surface area contributed by atoms with Gasteiger partial charge in [-0.25, -0.2) is 0 Å². The van der Waals surface area contributed by atoms with Crippen molar-refractivity contribution in [1.82, 2.24) is 4.57 Å². The normalized spacial score (nSPS) is 13.8. The zero-order valence-corrected chi connectivity index (χ0v) is 22.8. The van der Waals surface area contributed by atoms with E-state index in [-0.39, 0.29) is 11.4 Å². The van der Waals surface area contributed by atoms with Crippen molar-refractivity contribution in [1.29, 1.82) is 0 Å². The Morgan fingerprint density at radius 1 is 1.00 bits per heavy atom. The van der Waals surface area contributed by atoms with E-state index in [1.807, 2.05) is 30.3 Å². The number of furan rings is 1. The van der Waals surface area contributed by atoms with Crippen molar-refractivity contribution in [3.63, 3.8) is 0 Å². The number of hydrazone groups is 1. The Bertz CT molecular complexity index is 1950. The molecule has 212 valence electrons. The number of fused-ring (bicyclic) bond motifs is 4. The molecule has 0 saturated carbocycles. The maximum atomic E-state index is 13.4. The quantitative estimate of drug-likeness (QED) is 0.159. The number of carbonyl (C=O) groups excluding carboxylic acids is 1. The monoisotopic (exact) mass is 566 g/mol. The summed E-state index contributed by atoms with van der Waals surface area (Å²) >= 11 is 0. The van der Waals surface area contributed by atoms with Gasteiger partial charge in [-0.3, -0.25) is 30.4 Å². The van der Waals surface area contributed by atoms with Gasteiger partial charge in [0.2, 0.25) is 0 Å². The van der Waals surface area contributed by atoms with Crippen LogP contribution in [-0.4, -0.2) is 26.0 Å². The fraction of sp³-hybridized carbons (Fsp3) is 0.200. The Balaban J connectivity index is 1.29. The van der Waals surface area contributed by atoms with Crippen LogP contribution in [0.15, 0.2) is 70.2 Å². The molecule has 6 rings (SSSR count). The van der Waals surface area contributed by atoms with Crippen LogP contribution < -0.4 is 10.7 Å². The molecule has 2 aromatic heterocycles. The summed E-state index contributed by atoms with van der Waals surface area (Å²) in [6.45, 7) is 4.71. The molecular weight excluding hydrogens is 540 g/mol. The number of nitrogens with one attached hydrogen (secondary N) is 2. The van der Waals surface area contributed by atoms with E-state index in [0.717, 1.165) is 34.4 Å². The molecule has 0 bridgehead atoms. The summed E-state index contributed by atoms with van der Waals surface area (Å²) in [7, 11) is 0. The maximum Gasteiger partial charge on any atom is 0.301 e. The number of benzene rings is 3. The smallest absolute Gasteiger partial charge is 0.301 e. The van der Waals surface area contributed by atoms with E-state index < -0.39 is 27.1 Å². The predicted octanol–water partition coefficient (Wildman–Crippen LogP) is 6.94. The summed E-state index contributed by atoms with van der Waals surface area (Å²) in [5.74, 6) is 0.398. The average Bonchev–Trinajstić information content (AvgIpc) is 3.50. The minimum absolute atomic E-state index is 0.0177. The molecule has 1 amide bonds. The number of nitro groups is 2. The van der Waals surface area contributed by atoms with Crippen LogP contribution in [0.2, 0.25) is 0 Å². The Hall–Kier alpha value is -5.52. The molecule has 42 heavy (non-hydrogen) atoms. The lowest BCUT2D eigenvalue weighted by Crippen LogP contribution is -2.14. The molecule has 1 aliphatic carbocycles. The van der Waals surface area contributed by atoms with Gasteiger partial charge in [-0.1, -0.05) is 18.2 Å². The van der Waals surface area contributed by atoms with Gasteiger partial charge in [0.15, 0.2) is 5.76 Å². The predicted molar refractivity (Wildman–Crippen MR) is 159 cm³/mol. The first kappa shape index (κ1) is 26.7. The number of aryl methyl sites for hydroxylation is 2. The number of hydrogen-bond donors (Lipinski definition) is 2. The van der Waals surface area contributed by atoms with E-state index in [0.29, 0.717) is 47.5 Å². The summed E-state index contributed by atoms with van der Waals surface area (Å²) < 4.78 is 8.27. The van der Waals surface area contributed by atoms with Crippen LogP contribution >= 0.6 is 0 Å². The molecular formula is C30H26N6O6. The molecule has 12 heteroatoms. The van der Waals surface area contributed by atoms with Crippen molar-refractivity contribution in [2.24, 2.45) is 5.10 Å². The lowest BCUT2D eigenvalue weighted by atomic mass is 9.93. The molecule has 0 fully saturated rings. The third-order valence-electron chi connectivity index (χ3n) is 7.58. The van der Waals surface area contributed by atoms with Gasteiger partial charge in [-0.05, 0) is 57.0 Å². The van der Waals surface area contributed by atoms with E-state index in [1.165, 1.54) is 12.1 Å². The number of nitrogens with zero attached hydrogens (tertiary/aromatic N) is 4. The fourth-order valence-electron chi connectivity index (χ4n) is 5.66. The van der Waals surface area contributed by atoms with Crippen molar-refractivity contribution in [3.8, 4) is 0 Å². The largest absolute Gasteiger partial charge is 0.455 e. The van der Waals surface area contributed by atoms with Crippen LogP contribution in [0.4, 0.5) is 22.7 Å². The topological polar surface area (TPSA) is 158 Å². The minimum Gasteiger partial charge on any atom is -0.455 e. The Morgan fingerprint density at radius 3 is 2.55 bits per heavy atom. The second-order valence-electron chi connectivity index (χ2n) is 10.0. The molecule has 0 unspecified atom stereocenters. The summed E-state index contributed by atoms with van der Waals surface area (Å²) in [6, 6.07) is 17.3. The van der Waals surface area contributed by atoms with Crippen molar-refractivity contribution in [2.75, 3.05) is 10.7 Å². The van der Waals surface area contributed by atoms with E-state index in [4.69, 9.17) is 4.42 Å². The third-order valence-corrected chi connectivity index (χ3v) is 7.58. The van der Waals surface area contributed by atoms with Crippen molar-refractivity contribution in [3.05, 3.63) is 104 Å². The van der Waals surface area contributed by atoms with Gasteiger partial charge < -0.3 is 14.3 Å². The van der Waals surface area contributed by atoms with E-state index in [9.17, 15) is 25.0 Å². The molecule has 2 N–H and O–H groups in total. The number of non-ortho nitro benzene ring substituents is 1. The van der Waals surface area contributed by atoms with Crippen molar-refractivity contribution < 1.29 is 19.1 Å². The Labute approximate surface area is 238 Å². The van der Waals surface area contributed by atoms with Crippen LogP contribution in [0.5, 0.6) is 0 Å². The van der Waals surface area contributed by atoms with Crippen molar-refractivity contribution >= 4 is 56.2 Å². The molecule has 1 aliphatic rings. The molecule has 5 aromatic rings. The van der Waals surface area contributed by atoms with Gasteiger partial charge in [0.05, 0.1) is 21.6 Å². The van der Waals surface area contributed by atoms with Gasteiger partial charge >= 0.3 is 5.69 Å². The standard InChI is InChI=1S/C30H26N6O6/c1-3-34-24-9-5-4-7-20(24)21-15-18(11-14-25(21)34)31-30(37)29-17(2)28-23(8-6-10-27(28)42-29)33-32-22-13-12-19(35(38)39)16-26(22)36(40)41/h4-5,7,9,11-16,32H,3,6,8,10H2,1-2H3,(H,31,37)/b33-23+. The highest BCUT2D eigenvalue weighted by Crippen LogP contribution is 2.34. The van der Waals surface area contributed by atoms with Gasteiger partial charge in [0, 0.05) is 57.7 Å². The Morgan fingerprint density at radius 2 is 1.79 bits per heavy atom. The average molecular weight is 567 g/mol. The number of nitro benzene ring substituents is 2. The number of rotatable bonds is 7. The number of aromatic nitrogens is 1. The fourth-order valence-corrected chi connectivity index (χ4v) is 5.66. The van der Waals surface area contributed by atoms with E-state index in [1.54, 1.807) is 6.92 Å². The van der Waals surface area contributed by atoms with Crippen LogP contribution in [0.1, 0.15) is 47.2 Å². The molecule has 2 heterocycles. The van der Waals surface area contributed by atoms with E-state index in [2.05, 4.69) is 39.5 Å². The summed E-state index contributed by atoms with van der Waals surface area (Å²) in [6.07, 6.45) is 1.88. The molecule has 0 atom stereocenters. The Kier molecular flexibility index (Phi) is 6.65. The zero-order valence-electron chi connectivity index (χ0n) is 22.8. The first-order valence-corrected chi connectivity index (χ1v) is 13.5. The summed E-state index contributed by atoms with van der Waals surface area (Å²) in [4.78, 5) is 34.6. The molecule has 0 spiro atoms. The van der Waals surface area contributed by atoms with Crippen LogP contribution in [0.3, 0.4) is 0 Å². The first-order chi connectivity index (χ1) is 20.3. The molecule has 12 nitrogen and oxygen atoms in total. The zero-order chi connectivity index (χ0) is 29.5. The third kappa shape index (κ3) is 4.52. The second-order valence-corrected chi connectivity index (χ2v) is 10.0. The van der Waals surface area contributed by atoms with Crippen LogP contribution in [0.25, 0.3) is 21.8 Å². The van der Waals surface area contributed by atoms with Crippen LogP contribution in [-0.2, 0) is 13.0 Å². The lowest BCUT2D eigenvalue weighted by Gasteiger charge is -2.13. The van der Waals surface area contributed by atoms with Crippen LogP contribution in [0, 0.1) is 27.2 Å². The number of hydrogen-bond acceptors (Lipinski definition) is 8. The number of anilines is 2. The van der Waals surface area contributed by atoms with E-state index >= 15 is 0 Å². The van der Waals surface area contributed by atoms with Gasteiger partial charge in [0.25, 0.3) is 11.6 Å². The number of para-hydroxylation sites is 1. The van der Waals surface area contributed by atoms with Gasteiger partial charge in [-0.2, -0.15) is 5.10 Å². The SMILES string of the molecule is CCn1c2ccccc2c2cc(NC(=O)c3oc4c(c3C)/C(=N/Nc3ccc([N+](=O)[O-])cc3[N+](=O)[O-])CCC4)ccc21. The molecule has 0 saturated heterocycles. The highest BCUT2D eigenvalue weighted by atomic mass is 16.6. The molecule has 3 aromatic carbocycles. The summed E-state index contributed by atoms with van der Waals surface area (Å²) in [5, 5.41) is 32.1. The van der Waals surface area contributed by atoms with Gasteiger partial charge in [-0.15, -0.1) is 0 Å². The minimum atomic E-state index is -0.704. The maximum absolute atomic E-state index is 13.4. The second kappa shape index (κ2) is 10.5. The highest BCUT2D eigenvalue weighted by Gasteiger charge is 2.28. The lowest BCUT2D eigenvalue weighted by molar-refractivity contribution is -0.393. The first-order valence-electron chi connectivity index (χ1n) is 13.5. The molecule has 0 radical (unpaired) electrons.